The Morgan fingerprint density at radius 1 is 1.42 bits per heavy atom. The molecule has 0 unspecified atom stereocenters. The van der Waals surface area contributed by atoms with Crippen LogP contribution in [0.5, 0.6) is 11.5 Å². The number of nitrogens with one attached hydrogen (secondary N) is 1. The summed E-state index contributed by atoms with van der Waals surface area (Å²) in [5.41, 5.74) is -2.33. The van der Waals surface area contributed by atoms with Crippen LogP contribution >= 0.6 is 11.8 Å². The molecular weight excluding hydrogens is 349 g/mol. The summed E-state index contributed by atoms with van der Waals surface area (Å²) in [5, 5.41) is 8.69. The van der Waals surface area contributed by atoms with E-state index in [4.69, 9.17) is 14.7 Å². The summed E-state index contributed by atoms with van der Waals surface area (Å²) in [6, 6.07) is 2.44. The summed E-state index contributed by atoms with van der Waals surface area (Å²) >= 11 is -0.283. The zero-order valence-electron chi connectivity index (χ0n) is 13.0. The fourth-order valence-electron chi connectivity index (χ4n) is 2.51. The van der Waals surface area contributed by atoms with Gasteiger partial charge in [0.05, 0.1) is 25.2 Å². The molecule has 1 fully saturated rings. The van der Waals surface area contributed by atoms with E-state index in [0.717, 1.165) is 0 Å². The SMILES string of the molecule is COc1cc(CN2CC[C@@H]2C(=O)NO)cc(SC(F)(F)F)c1OC. The summed E-state index contributed by atoms with van der Waals surface area (Å²) in [6.07, 6.45) is 0.573. The van der Waals surface area contributed by atoms with E-state index in [1.807, 2.05) is 0 Å². The third kappa shape index (κ3) is 4.25. The monoisotopic (exact) mass is 366 g/mol. The quantitative estimate of drug-likeness (QED) is 0.458. The van der Waals surface area contributed by atoms with Crippen LogP contribution in [0.3, 0.4) is 0 Å². The van der Waals surface area contributed by atoms with Gasteiger partial charge in [-0.15, -0.1) is 0 Å². The minimum atomic E-state index is -4.47. The largest absolute Gasteiger partial charge is 0.493 e. The molecule has 1 aliphatic rings. The first-order valence-electron chi connectivity index (χ1n) is 6.97. The Kier molecular flexibility index (Phi) is 5.83. The van der Waals surface area contributed by atoms with Crippen LogP contribution in [-0.2, 0) is 11.3 Å². The second-order valence-electron chi connectivity index (χ2n) is 5.13. The highest BCUT2D eigenvalue weighted by atomic mass is 32.2. The Hall–Kier alpha value is -1.65. The van der Waals surface area contributed by atoms with Crippen molar-refractivity contribution in [3.8, 4) is 11.5 Å². The summed E-state index contributed by atoms with van der Waals surface area (Å²) in [7, 11) is 2.62. The van der Waals surface area contributed by atoms with E-state index < -0.39 is 17.5 Å². The number of carbonyl (C=O) groups is 1. The summed E-state index contributed by atoms with van der Waals surface area (Å²) in [4.78, 5) is 13.1. The predicted molar refractivity (Wildman–Crippen MR) is 80.2 cm³/mol. The number of hydroxylamine groups is 1. The number of hydrogen-bond acceptors (Lipinski definition) is 6. The van der Waals surface area contributed by atoms with Crippen molar-refractivity contribution in [1.29, 1.82) is 0 Å². The molecule has 24 heavy (non-hydrogen) atoms. The van der Waals surface area contributed by atoms with E-state index in [9.17, 15) is 18.0 Å². The average Bonchev–Trinajstić information content (AvgIpc) is 2.49. The number of methoxy groups -OCH3 is 2. The lowest BCUT2D eigenvalue weighted by atomic mass is 10.0. The maximum atomic E-state index is 12.8. The van der Waals surface area contributed by atoms with Gasteiger partial charge in [-0.1, -0.05) is 0 Å². The minimum Gasteiger partial charge on any atom is -0.493 e. The first kappa shape index (κ1) is 18.7. The first-order valence-corrected chi connectivity index (χ1v) is 7.79. The molecule has 2 rings (SSSR count). The lowest BCUT2D eigenvalue weighted by Crippen LogP contribution is -2.54. The van der Waals surface area contributed by atoms with Crippen LogP contribution < -0.4 is 15.0 Å². The van der Waals surface area contributed by atoms with E-state index in [2.05, 4.69) is 0 Å². The van der Waals surface area contributed by atoms with Gasteiger partial charge in [-0.2, -0.15) is 13.2 Å². The number of amides is 1. The zero-order valence-corrected chi connectivity index (χ0v) is 13.8. The van der Waals surface area contributed by atoms with Crippen molar-refractivity contribution in [2.75, 3.05) is 20.8 Å². The predicted octanol–water partition coefficient (Wildman–Crippen LogP) is 2.40. The van der Waals surface area contributed by atoms with Gasteiger partial charge in [-0.05, 0) is 35.9 Å². The zero-order chi connectivity index (χ0) is 17.9. The molecule has 0 spiro atoms. The van der Waals surface area contributed by atoms with Gasteiger partial charge in [0.25, 0.3) is 5.91 Å². The molecule has 1 aromatic carbocycles. The van der Waals surface area contributed by atoms with Crippen molar-refractivity contribution in [3.05, 3.63) is 17.7 Å². The third-order valence-electron chi connectivity index (χ3n) is 3.66. The number of halogens is 3. The van der Waals surface area contributed by atoms with Crippen LogP contribution in [0.25, 0.3) is 0 Å². The molecule has 1 saturated heterocycles. The molecule has 1 aromatic rings. The maximum Gasteiger partial charge on any atom is 0.446 e. The maximum absolute atomic E-state index is 12.8. The molecule has 0 aliphatic carbocycles. The molecule has 0 saturated carbocycles. The molecule has 1 atom stereocenters. The molecule has 0 aromatic heterocycles. The number of likely N-dealkylation sites (tertiary alicyclic amines) is 1. The number of alkyl halides is 3. The number of hydrogen-bond donors (Lipinski definition) is 2. The van der Waals surface area contributed by atoms with E-state index in [0.29, 0.717) is 18.5 Å². The van der Waals surface area contributed by atoms with Crippen molar-refractivity contribution in [3.63, 3.8) is 0 Å². The Morgan fingerprint density at radius 2 is 2.12 bits per heavy atom. The summed E-state index contributed by atoms with van der Waals surface area (Å²) < 4.78 is 48.4. The smallest absolute Gasteiger partial charge is 0.446 e. The highest BCUT2D eigenvalue weighted by Crippen LogP contribution is 2.46. The molecular formula is C14H17F3N2O4S. The normalized spacial score (nSPS) is 18.0. The molecule has 0 radical (unpaired) electrons. The van der Waals surface area contributed by atoms with Crippen LogP contribution in [0.15, 0.2) is 17.0 Å². The third-order valence-corrected chi connectivity index (χ3v) is 4.41. The number of rotatable bonds is 6. The van der Waals surface area contributed by atoms with Crippen molar-refractivity contribution < 1.29 is 32.6 Å². The van der Waals surface area contributed by atoms with Gasteiger partial charge in [0, 0.05) is 13.1 Å². The highest BCUT2D eigenvalue weighted by molar-refractivity contribution is 8.00. The lowest BCUT2D eigenvalue weighted by Gasteiger charge is -2.39. The summed E-state index contributed by atoms with van der Waals surface area (Å²) in [5.74, 6) is -0.339. The summed E-state index contributed by atoms with van der Waals surface area (Å²) in [6.45, 7) is 0.859. The minimum absolute atomic E-state index is 0.0110. The molecule has 6 nitrogen and oxygen atoms in total. The van der Waals surface area contributed by atoms with Gasteiger partial charge in [0.15, 0.2) is 11.5 Å². The van der Waals surface area contributed by atoms with Crippen molar-refractivity contribution >= 4 is 17.7 Å². The Bertz CT molecular complexity index is 612. The molecule has 134 valence electrons. The molecule has 2 N–H and O–H groups in total. The van der Waals surface area contributed by atoms with Crippen LogP contribution in [-0.4, -0.2) is 48.3 Å². The molecule has 1 heterocycles. The van der Waals surface area contributed by atoms with Crippen molar-refractivity contribution in [2.24, 2.45) is 0 Å². The molecule has 1 aliphatic heterocycles. The van der Waals surface area contributed by atoms with Gasteiger partial charge >= 0.3 is 5.51 Å². The van der Waals surface area contributed by atoms with Crippen LogP contribution in [0.1, 0.15) is 12.0 Å². The van der Waals surface area contributed by atoms with Gasteiger partial charge in [0.1, 0.15) is 0 Å². The van der Waals surface area contributed by atoms with Gasteiger partial charge in [-0.25, -0.2) is 5.48 Å². The van der Waals surface area contributed by atoms with E-state index in [1.54, 1.807) is 16.4 Å². The van der Waals surface area contributed by atoms with Crippen molar-refractivity contribution in [1.82, 2.24) is 10.4 Å². The van der Waals surface area contributed by atoms with Gasteiger partial charge < -0.3 is 9.47 Å². The van der Waals surface area contributed by atoms with Gasteiger partial charge in [0.2, 0.25) is 0 Å². The van der Waals surface area contributed by atoms with Crippen LogP contribution in [0.2, 0.25) is 0 Å². The van der Waals surface area contributed by atoms with Gasteiger partial charge in [-0.3, -0.25) is 14.9 Å². The molecule has 0 bridgehead atoms. The fraction of sp³-hybridized carbons (Fsp3) is 0.500. The second-order valence-corrected chi connectivity index (χ2v) is 6.24. The lowest BCUT2D eigenvalue weighted by molar-refractivity contribution is -0.139. The van der Waals surface area contributed by atoms with Crippen LogP contribution in [0.4, 0.5) is 13.2 Å². The average molecular weight is 366 g/mol. The number of carbonyl (C=O) groups excluding carboxylic acids is 1. The Morgan fingerprint density at radius 3 is 2.58 bits per heavy atom. The standard InChI is InChI=1S/C14H17F3N2O4S/c1-22-10-5-8(7-19-4-3-9(19)13(20)18-21)6-11(12(10)23-2)24-14(15,16)17/h5-6,9,21H,3-4,7H2,1-2H3,(H,18,20)/t9-/m1/s1. The first-order chi connectivity index (χ1) is 11.3. The Balaban J connectivity index is 2.27. The van der Waals surface area contributed by atoms with E-state index in [1.165, 1.54) is 20.3 Å². The van der Waals surface area contributed by atoms with Crippen molar-refractivity contribution in [2.45, 2.75) is 29.4 Å². The number of ether oxygens (including phenoxy) is 2. The molecule has 1 amide bonds. The number of nitrogens with zero attached hydrogens (tertiary/aromatic N) is 1. The van der Waals surface area contributed by atoms with E-state index >= 15 is 0 Å². The highest BCUT2D eigenvalue weighted by Gasteiger charge is 2.35. The van der Waals surface area contributed by atoms with E-state index in [-0.39, 0.29) is 34.7 Å². The van der Waals surface area contributed by atoms with Crippen LogP contribution in [0, 0.1) is 0 Å². The number of benzene rings is 1. The topological polar surface area (TPSA) is 71.0 Å². The molecule has 10 heteroatoms. The Labute approximate surface area is 140 Å². The number of thioether (sulfide) groups is 1. The fourth-order valence-corrected chi connectivity index (χ4v) is 3.25. The second kappa shape index (κ2) is 7.49.